The van der Waals surface area contributed by atoms with Crippen LogP contribution in [-0.4, -0.2) is 23.0 Å². The Morgan fingerprint density at radius 3 is 2.15 bits per heavy atom. The number of carbonyl (C=O) groups is 1. The molecule has 1 fully saturated rings. The van der Waals surface area contributed by atoms with Crippen LogP contribution in [0, 0.1) is 15.5 Å². The lowest BCUT2D eigenvalue weighted by Crippen LogP contribution is -2.38. The molecule has 33 heavy (non-hydrogen) atoms. The zero-order chi connectivity index (χ0) is 24.1. The number of benzene rings is 2. The first-order valence-electron chi connectivity index (χ1n) is 10.8. The fourth-order valence-corrected chi connectivity index (χ4v) is 5.03. The predicted molar refractivity (Wildman–Crippen MR) is 123 cm³/mol. The summed E-state index contributed by atoms with van der Waals surface area (Å²) in [6, 6.07) is 12.5. The Morgan fingerprint density at radius 2 is 1.61 bits per heavy atom. The molecule has 9 nitrogen and oxygen atoms in total. The highest BCUT2D eigenvalue weighted by molar-refractivity contribution is 7.52. The zero-order valence-corrected chi connectivity index (χ0v) is 19.8. The third-order valence-corrected chi connectivity index (χ3v) is 7.12. The second kappa shape index (κ2) is 10.4. The molecule has 3 rings (SSSR count). The molecule has 0 aromatic heterocycles. The quantitative estimate of drug-likeness (QED) is 0.214. The summed E-state index contributed by atoms with van der Waals surface area (Å²) in [6.45, 7) is 5.92. The SMILES string of the molecule is C[C@H](NP(=O)(Oc1ccccc1)Oc1ccc([N+](=O)[O-])cc1)C(=O)OC1CCC(C)(C)CC1. The molecule has 0 radical (unpaired) electrons. The number of nitro groups is 1. The molecule has 1 saturated carbocycles. The van der Waals surface area contributed by atoms with Crippen molar-refractivity contribution >= 4 is 19.4 Å². The second-order valence-corrected chi connectivity index (χ2v) is 10.5. The van der Waals surface area contributed by atoms with Crippen molar-refractivity contribution < 1.29 is 28.1 Å². The number of para-hydroxylation sites is 1. The number of non-ortho nitro benzene ring substituents is 1. The highest BCUT2D eigenvalue weighted by atomic mass is 31.2. The van der Waals surface area contributed by atoms with E-state index < -0.39 is 24.7 Å². The van der Waals surface area contributed by atoms with Gasteiger partial charge in [-0.05, 0) is 62.3 Å². The lowest BCUT2D eigenvalue weighted by Gasteiger charge is -2.34. The van der Waals surface area contributed by atoms with Crippen molar-refractivity contribution in [3.63, 3.8) is 0 Å². The topological polar surface area (TPSA) is 117 Å². The van der Waals surface area contributed by atoms with Crippen LogP contribution in [0.2, 0.25) is 0 Å². The van der Waals surface area contributed by atoms with Crippen molar-refractivity contribution in [2.24, 2.45) is 5.41 Å². The summed E-state index contributed by atoms with van der Waals surface area (Å²) >= 11 is 0. The van der Waals surface area contributed by atoms with Gasteiger partial charge < -0.3 is 13.8 Å². The Labute approximate surface area is 193 Å². The van der Waals surface area contributed by atoms with Crippen LogP contribution in [0.1, 0.15) is 46.5 Å². The molecule has 2 atom stereocenters. The maximum Gasteiger partial charge on any atom is 0.513 e. The predicted octanol–water partition coefficient (Wildman–Crippen LogP) is 5.65. The number of nitrogens with zero attached hydrogens (tertiary/aromatic N) is 1. The molecular weight excluding hydrogens is 447 g/mol. The summed E-state index contributed by atoms with van der Waals surface area (Å²) in [5, 5.41) is 13.5. The molecule has 0 spiro atoms. The van der Waals surface area contributed by atoms with Crippen LogP contribution in [0.5, 0.6) is 11.5 Å². The van der Waals surface area contributed by atoms with Crippen molar-refractivity contribution in [1.29, 1.82) is 0 Å². The Bertz CT molecular complexity index is 1000. The van der Waals surface area contributed by atoms with Crippen LogP contribution >= 0.6 is 7.75 Å². The molecule has 0 aliphatic heterocycles. The Hall–Kier alpha value is -2.90. The van der Waals surface area contributed by atoms with E-state index in [9.17, 15) is 19.5 Å². The number of ether oxygens (including phenoxy) is 1. The average molecular weight is 476 g/mol. The first kappa shape index (κ1) is 24.7. The first-order chi connectivity index (χ1) is 15.6. The van der Waals surface area contributed by atoms with E-state index in [1.54, 1.807) is 30.3 Å². The second-order valence-electron chi connectivity index (χ2n) is 8.90. The van der Waals surface area contributed by atoms with Crippen molar-refractivity contribution in [3.05, 3.63) is 64.7 Å². The number of hydrogen-bond donors (Lipinski definition) is 1. The average Bonchev–Trinajstić information content (AvgIpc) is 2.76. The summed E-state index contributed by atoms with van der Waals surface area (Å²) in [5.74, 6) is -0.198. The van der Waals surface area contributed by atoms with E-state index in [2.05, 4.69) is 18.9 Å². The maximum absolute atomic E-state index is 13.6. The Kier molecular flexibility index (Phi) is 7.76. The molecule has 1 unspecified atom stereocenters. The number of carbonyl (C=O) groups excluding carboxylic acids is 1. The summed E-state index contributed by atoms with van der Waals surface area (Å²) in [6.07, 6.45) is 3.31. The van der Waals surface area contributed by atoms with E-state index in [0.717, 1.165) is 25.7 Å². The van der Waals surface area contributed by atoms with Gasteiger partial charge in [0.25, 0.3) is 5.69 Å². The third kappa shape index (κ3) is 7.30. The minimum absolute atomic E-state index is 0.0856. The smallest absolute Gasteiger partial charge is 0.461 e. The van der Waals surface area contributed by atoms with Crippen LogP contribution in [0.3, 0.4) is 0 Å². The van der Waals surface area contributed by atoms with Gasteiger partial charge in [0.1, 0.15) is 23.6 Å². The summed E-state index contributed by atoms with van der Waals surface area (Å²) in [7, 11) is -4.11. The van der Waals surface area contributed by atoms with E-state index in [1.165, 1.54) is 31.2 Å². The molecule has 178 valence electrons. The minimum atomic E-state index is -4.11. The molecular formula is C23H29N2O7P. The summed E-state index contributed by atoms with van der Waals surface area (Å²) < 4.78 is 30.4. The van der Waals surface area contributed by atoms with Crippen LogP contribution in [0.15, 0.2) is 54.6 Å². The first-order valence-corrected chi connectivity index (χ1v) is 12.4. The summed E-state index contributed by atoms with van der Waals surface area (Å²) in [5.41, 5.74) is 0.103. The fraction of sp³-hybridized carbons (Fsp3) is 0.435. The lowest BCUT2D eigenvalue weighted by molar-refractivity contribution is -0.384. The Morgan fingerprint density at radius 1 is 1.06 bits per heavy atom. The third-order valence-electron chi connectivity index (χ3n) is 5.52. The van der Waals surface area contributed by atoms with Gasteiger partial charge in [0.2, 0.25) is 0 Å². The van der Waals surface area contributed by atoms with Gasteiger partial charge in [0.05, 0.1) is 4.92 Å². The number of nitrogens with one attached hydrogen (secondary N) is 1. The van der Waals surface area contributed by atoms with Crippen LogP contribution in [0.25, 0.3) is 0 Å². The monoisotopic (exact) mass is 476 g/mol. The molecule has 1 aliphatic rings. The van der Waals surface area contributed by atoms with E-state index >= 15 is 0 Å². The standard InChI is InChI=1S/C23H29N2O7P/c1-17(22(26)30-19-13-15-23(2,3)16-14-19)24-33(29,31-20-7-5-4-6-8-20)32-21-11-9-18(10-12-21)25(27)28/h4-12,17,19H,13-16H2,1-3H3,(H,24,29)/t17-,33?/m0/s1. The lowest BCUT2D eigenvalue weighted by atomic mass is 9.76. The fourth-order valence-electron chi connectivity index (χ4n) is 3.51. The molecule has 0 heterocycles. The van der Waals surface area contributed by atoms with Crippen LogP contribution in [0.4, 0.5) is 5.69 Å². The highest BCUT2D eigenvalue weighted by Gasteiger charge is 2.35. The largest absolute Gasteiger partial charge is 0.513 e. The number of rotatable bonds is 9. The number of esters is 1. The van der Waals surface area contributed by atoms with Crippen LogP contribution < -0.4 is 14.1 Å². The van der Waals surface area contributed by atoms with E-state index in [0.29, 0.717) is 0 Å². The molecule has 0 bridgehead atoms. The van der Waals surface area contributed by atoms with Gasteiger partial charge in [-0.15, -0.1) is 0 Å². The molecule has 0 amide bonds. The van der Waals surface area contributed by atoms with Gasteiger partial charge in [-0.2, -0.15) is 5.09 Å². The van der Waals surface area contributed by atoms with Crippen LogP contribution in [-0.2, 0) is 14.1 Å². The van der Waals surface area contributed by atoms with Crippen molar-refractivity contribution in [3.8, 4) is 11.5 Å². The van der Waals surface area contributed by atoms with E-state index in [4.69, 9.17) is 13.8 Å². The van der Waals surface area contributed by atoms with E-state index in [1.807, 2.05) is 0 Å². The summed E-state index contributed by atoms with van der Waals surface area (Å²) in [4.78, 5) is 23.0. The number of nitro benzene ring substituents is 1. The van der Waals surface area contributed by atoms with Gasteiger partial charge in [-0.25, -0.2) is 4.57 Å². The maximum atomic E-state index is 13.6. The molecule has 1 N–H and O–H groups in total. The van der Waals surface area contributed by atoms with E-state index in [-0.39, 0.29) is 28.7 Å². The Balaban J connectivity index is 1.71. The molecule has 0 saturated heterocycles. The van der Waals surface area contributed by atoms with Gasteiger partial charge in [0.15, 0.2) is 0 Å². The van der Waals surface area contributed by atoms with Crippen molar-refractivity contribution in [1.82, 2.24) is 5.09 Å². The van der Waals surface area contributed by atoms with Gasteiger partial charge >= 0.3 is 13.7 Å². The normalized spacial score (nSPS) is 18.5. The highest BCUT2D eigenvalue weighted by Crippen LogP contribution is 2.45. The molecule has 10 heteroatoms. The molecule has 1 aliphatic carbocycles. The molecule has 2 aromatic carbocycles. The number of hydrogen-bond acceptors (Lipinski definition) is 7. The molecule has 2 aromatic rings. The zero-order valence-electron chi connectivity index (χ0n) is 18.9. The van der Waals surface area contributed by atoms with Gasteiger partial charge in [-0.1, -0.05) is 32.0 Å². The van der Waals surface area contributed by atoms with Crippen molar-refractivity contribution in [2.75, 3.05) is 0 Å². The van der Waals surface area contributed by atoms with Gasteiger partial charge in [0, 0.05) is 12.1 Å². The van der Waals surface area contributed by atoms with Gasteiger partial charge in [-0.3, -0.25) is 14.9 Å². The van der Waals surface area contributed by atoms with Crippen molar-refractivity contribution in [2.45, 2.75) is 58.6 Å². The minimum Gasteiger partial charge on any atom is -0.461 e.